The molecular formula is C19H21N5O. The van der Waals surface area contributed by atoms with Gasteiger partial charge in [0.25, 0.3) is 5.91 Å². The molecule has 2 heterocycles. The van der Waals surface area contributed by atoms with E-state index in [1.807, 2.05) is 17.0 Å². The number of piperazine rings is 1. The Kier molecular flexibility index (Phi) is 5.26. The molecule has 1 fully saturated rings. The lowest BCUT2D eigenvalue weighted by molar-refractivity contribution is 0.0643. The maximum absolute atomic E-state index is 12.7. The molecule has 25 heavy (non-hydrogen) atoms. The fourth-order valence-electron chi connectivity index (χ4n) is 2.91. The molecule has 2 aromatic rings. The van der Waals surface area contributed by atoms with Gasteiger partial charge in [-0.05, 0) is 30.8 Å². The molecule has 0 unspecified atom stereocenters. The number of amides is 1. The highest BCUT2D eigenvalue weighted by molar-refractivity contribution is 5.95. The average Bonchev–Trinajstić information content (AvgIpc) is 2.68. The Morgan fingerprint density at radius 3 is 2.72 bits per heavy atom. The molecule has 1 saturated heterocycles. The van der Waals surface area contributed by atoms with Crippen molar-refractivity contribution in [2.45, 2.75) is 6.92 Å². The van der Waals surface area contributed by atoms with E-state index in [2.05, 4.69) is 28.2 Å². The Bertz CT molecular complexity index is 790. The Labute approximate surface area is 147 Å². The number of nitrogens with zero attached hydrogens (tertiary/aromatic N) is 4. The third-order valence-corrected chi connectivity index (χ3v) is 4.37. The third kappa shape index (κ3) is 4.14. The van der Waals surface area contributed by atoms with Crippen LogP contribution in [0.5, 0.6) is 0 Å². The lowest BCUT2D eigenvalue weighted by atomic mass is 10.2. The summed E-state index contributed by atoms with van der Waals surface area (Å²) in [5.41, 5.74) is 2.68. The minimum absolute atomic E-state index is 0.0117. The highest BCUT2D eigenvalue weighted by Gasteiger charge is 2.21. The quantitative estimate of drug-likeness (QED) is 0.929. The van der Waals surface area contributed by atoms with E-state index in [0.717, 1.165) is 44.1 Å². The molecule has 1 N–H and O–H groups in total. The van der Waals surface area contributed by atoms with Gasteiger partial charge in [-0.2, -0.15) is 5.26 Å². The number of likely N-dealkylation sites (N-methyl/N-ethyl adjacent to an activating group) is 1. The van der Waals surface area contributed by atoms with Crippen molar-refractivity contribution >= 4 is 17.3 Å². The van der Waals surface area contributed by atoms with E-state index in [-0.39, 0.29) is 5.91 Å². The number of hydrogen-bond acceptors (Lipinski definition) is 5. The Balaban J connectivity index is 1.71. The molecule has 0 radical (unpaired) electrons. The minimum Gasteiger partial charge on any atom is -0.354 e. The summed E-state index contributed by atoms with van der Waals surface area (Å²) in [5.74, 6) is 0.0117. The van der Waals surface area contributed by atoms with Crippen LogP contribution in [0.3, 0.4) is 0 Å². The van der Waals surface area contributed by atoms with Gasteiger partial charge in [0.2, 0.25) is 0 Å². The van der Waals surface area contributed by atoms with Gasteiger partial charge in [0, 0.05) is 38.1 Å². The first-order chi connectivity index (χ1) is 12.2. The first kappa shape index (κ1) is 16.9. The molecule has 0 spiro atoms. The van der Waals surface area contributed by atoms with Gasteiger partial charge in [0.15, 0.2) is 0 Å². The molecule has 0 atom stereocenters. The smallest absolute Gasteiger partial charge is 0.255 e. The minimum atomic E-state index is 0.0117. The number of rotatable bonds is 4. The fraction of sp³-hybridized carbons (Fsp3) is 0.316. The van der Waals surface area contributed by atoms with Crippen molar-refractivity contribution in [2.24, 2.45) is 0 Å². The zero-order chi connectivity index (χ0) is 17.6. The number of aromatic nitrogens is 1. The molecule has 0 bridgehead atoms. The molecule has 0 aliphatic carbocycles. The van der Waals surface area contributed by atoms with Gasteiger partial charge in [-0.25, -0.2) is 0 Å². The molecular weight excluding hydrogens is 314 g/mol. The predicted molar refractivity (Wildman–Crippen MR) is 96.7 cm³/mol. The van der Waals surface area contributed by atoms with Crippen LogP contribution in [0, 0.1) is 11.3 Å². The van der Waals surface area contributed by atoms with Crippen molar-refractivity contribution < 1.29 is 4.79 Å². The summed E-state index contributed by atoms with van der Waals surface area (Å²) in [6.45, 7) is 6.47. The second-order valence-corrected chi connectivity index (χ2v) is 6.01. The summed E-state index contributed by atoms with van der Waals surface area (Å²) in [6.07, 6.45) is 3.27. The fourth-order valence-corrected chi connectivity index (χ4v) is 2.91. The van der Waals surface area contributed by atoms with Gasteiger partial charge in [0.05, 0.1) is 29.1 Å². The van der Waals surface area contributed by atoms with Crippen molar-refractivity contribution in [2.75, 3.05) is 38.0 Å². The summed E-state index contributed by atoms with van der Waals surface area (Å²) in [7, 11) is 0. The van der Waals surface area contributed by atoms with Gasteiger partial charge in [-0.3, -0.25) is 9.78 Å². The van der Waals surface area contributed by atoms with E-state index < -0.39 is 0 Å². The van der Waals surface area contributed by atoms with E-state index >= 15 is 0 Å². The highest BCUT2D eigenvalue weighted by Crippen LogP contribution is 2.19. The van der Waals surface area contributed by atoms with Crippen LogP contribution < -0.4 is 5.32 Å². The number of carbonyl (C=O) groups is 1. The first-order valence-electron chi connectivity index (χ1n) is 8.43. The number of nitriles is 1. The van der Waals surface area contributed by atoms with Crippen molar-refractivity contribution in [1.29, 1.82) is 5.26 Å². The third-order valence-electron chi connectivity index (χ3n) is 4.37. The number of hydrogen-bond donors (Lipinski definition) is 1. The number of pyridine rings is 1. The van der Waals surface area contributed by atoms with E-state index in [4.69, 9.17) is 5.26 Å². The molecule has 3 rings (SSSR count). The molecule has 0 saturated carbocycles. The lowest BCUT2D eigenvalue weighted by Gasteiger charge is -2.34. The number of benzene rings is 1. The largest absolute Gasteiger partial charge is 0.354 e. The Morgan fingerprint density at radius 1 is 1.20 bits per heavy atom. The first-order valence-corrected chi connectivity index (χ1v) is 8.43. The maximum atomic E-state index is 12.7. The highest BCUT2D eigenvalue weighted by atomic mass is 16.2. The van der Waals surface area contributed by atoms with E-state index in [9.17, 15) is 4.79 Å². The maximum Gasteiger partial charge on any atom is 0.255 e. The van der Waals surface area contributed by atoms with Crippen molar-refractivity contribution in [3.63, 3.8) is 0 Å². The summed E-state index contributed by atoms with van der Waals surface area (Å²) >= 11 is 0. The monoisotopic (exact) mass is 335 g/mol. The second kappa shape index (κ2) is 7.77. The van der Waals surface area contributed by atoms with Crippen molar-refractivity contribution in [3.05, 3.63) is 53.9 Å². The SMILES string of the molecule is CCN1CCN(C(=O)c2cncc(Nc3cccc(C#N)c3)c2)CC1. The van der Waals surface area contributed by atoms with Crippen LogP contribution in [-0.2, 0) is 0 Å². The van der Waals surface area contributed by atoms with Crippen LogP contribution in [0.1, 0.15) is 22.8 Å². The molecule has 1 aliphatic heterocycles. The van der Waals surface area contributed by atoms with Crippen LogP contribution in [0.4, 0.5) is 11.4 Å². The molecule has 1 aromatic carbocycles. The zero-order valence-corrected chi connectivity index (χ0v) is 14.3. The van der Waals surface area contributed by atoms with Gasteiger partial charge >= 0.3 is 0 Å². The number of anilines is 2. The zero-order valence-electron chi connectivity index (χ0n) is 14.3. The van der Waals surface area contributed by atoms with E-state index in [1.165, 1.54) is 0 Å². The van der Waals surface area contributed by atoms with Gasteiger partial charge in [-0.1, -0.05) is 13.0 Å². The molecule has 1 aliphatic rings. The molecule has 6 heteroatoms. The van der Waals surface area contributed by atoms with Crippen LogP contribution in [-0.4, -0.2) is 53.4 Å². The van der Waals surface area contributed by atoms with Gasteiger partial charge in [-0.15, -0.1) is 0 Å². The second-order valence-electron chi connectivity index (χ2n) is 6.01. The predicted octanol–water partition coefficient (Wildman–Crippen LogP) is 2.47. The Hall–Kier alpha value is -2.91. The average molecular weight is 335 g/mol. The summed E-state index contributed by atoms with van der Waals surface area (Å²) in [6, 6.07) is 11.1. The van der Waals surface area contributed by atoms with E-state index in [0.29, 0.717) is 11.1 Å². The van der Waals surface area contributed by atoms with Gasteiger partial charge < -0.3 is 15.1 Å². The van der Waals surface area contributed by atoms with Crippen molar-refractivity contribution in [3.8, 4) is 6.07 Å². The van der Waals surface area contributed by atoms with Crippen LogP contribution >= 0.6 is 0 Å². The lowest BCUT2D eigenvalue weighted by Crippen LogP contribution is -2.48. The number of carbonyl (C=O) groups excluding carboxylic acids is 1. The normalized spacial score (nSPS) is 14.8. The number of nitrogens with one attached hydrogen (secondary N) is 1. The molecule has 128 valence electrons. The summed E-state index contributed by atoms with van der Waals surface area (Å²) in [5, 5.41) is 12.2. The topological polar surface area (TPSA) is 72.3 Å². The Morgan fingerprint density at radius 2 is 2.00 bits per heavy atom. The summed E-state index contributed by atoms with van der Waals surface area (Å²) < 4.78 is 0. The van der Waals surface area contributed by atoms with E-state index in [1.54, 1.807) is 30.6 Å². The van der Waals surface area contributed by atoms with Crippen molar-refractivity contribution in [1.82, 2.24) is 14.8 Å². The standard InChI is InChI=1S/C19H21N5O/c1-2-23-6-8-24(9-7-23)19(25)16-11-18(14-21-13-16)22-17-5-3-4-15(10-17)12-20/h3-5,10-11,13-14,22H,2,6-9H2,1H3. The van der Waals surface area contributed by atoms with Crippen LogP contribution in [0.15, 0.2) is 42.7 Å². The molecule has 1 aromatic heterocycles. The summed E-state index contributed by atoms with van der Waals surface area (Å²) in [4.78, 5) is 21.1. The van der Waals surface area contributed by atoms with Gasteiger partial charge in [0.1, 0.15) is 0 Å². The van der Waals surface area contributed by atoms with Crippen LogP contribution in [0.2, 0.25) is 0 Å². The molecule has 6 nitrogen and oxygen atoms in total. The molecule has 1 amide bonds. The van der Waals surface area contributed by atoms with Crippen LogP contribution in [0.25, 0.3) is 0 Å².